The van der Waals surface area contributed by atoms with Gasteiger partial charge in [0.15, 0.2) is 5.96 Å². The second-order valence-electron chi connectivity index (χ2n) is 9.00. The van der Waals surface area contributed by atoms with Crippen LogP contribution in [0.1, 0.15) is 31.7 Å². The van der Waals surface area contributed by atoms with Crippen LogP contribution < -0.4 is 5.32 Å². The molecule has 3 heterocycles. The lowest BCUT2D eigenvalue weighted by Gasteiger charge is -2.32. The summed E-state index contributed by atoms with van der Waals surface area (Å²) < 4.78 is 0. The number of hydrogen-bond acceptors (Lipinski definition) is 3. The monoisotopic (exact) mass is 423 g/mol. The van der Waals surface area contributed by atoms with Gasteiger partial charge in [-0.15, -0.1) is 0 Å². The number of benzene rings is 1. The van der Waals surface area contributed by atoms with Gasteiger partial charge in [-0.3, -0.25) is 9.69 Å². The van der Waals surface area contributed by atoms with Gasteiger partial charge < -0.3 is 15.1 Å². The molecule has 1 amide bonds. The Kier molecular flexibility index (Phi) is 7.62. The molecule has 0 spiro atoms. The van der Waals surface area contributed by atoms with E-state index in [9.17, 15) is 4.79 Å². The minimum atomic E-state index is 0.160. The normalized spacial score (nSPS) is 23.0. The number of aliphatic imine (C=N–C) groups is 1. The summed E-state index contributed by atoms with van der Waals surface area (Å²) in [6.07, 6.45) is 8.96. The molecule has 168 valence electrons. The Labute approximate surface area is 187 Å². The third-order valence-corrected chi connectivity index (χ3v) is 6.86. The van der Waals surface area contributed by atoms with Crippen LogP contribution in [0.25, 0.3) is 0 Å². The van der Waals surface area contributed by atoms with Gasteiger partial charge in [-0.25, -0.2) is 4.99 Å². The first-order valence-corrected chi connectivity index (χ1v) is 12.0. The summed E-state index contributed by atoms with van der Waals surface area (Å²) in [6, 6.07) is 11.3. The first kappa shape index (κ1) is 21.9. The Hall–Kier alpha value is -2.34. The Bertz CT molecular complexity index is 761. The van der Waals surface area contributed by atoms with Crippen molar-refractivity contribution in [2.24, 2.45) is 10.9 Å². The molecule has 0 aliphatic carbocycles. The molecule has 2 saturated heterocycles. The molecule has 1 aromatic carbocycles. The molecular formula is C25H37N5O. The van der Waals surface area contributed by atoms with E-state index in [1.54, 1.807) is 0 Å². The highest BCUT2D eigenvalue weighted by Crippen LogP contribution is 2.22. The van der Waals surface area contributed by atoms with E-state index in [1.807, 2.05) is 4.90 Å². The summed E-state index contributed by atoms with van der Waals surface area (Å²) in [5, 5.41) is 3.40. The van der Waals surface area contributed by atoms with Gasteiger partial charge in [0, 0.05) is 51.9 Å². The van der Waals surface area contributed by atoms with Crippen LogP contribution in [0.2, 0.25) is 0 Å². The fourth-order valence-corrected chi connectivity index (χ4v) is 5.03. The van der Waals surface area contributed by atoms with Gasteiger partial charge >= 0.3 is 0 Å². The van der Waals surface area contributed by atoms with Crippen LogP contribution >= 0.6 is 0 Å². The number of piperidine rings is 1. The maximum Gasteiger partial charge on any atom is 0.244 e. The second kappa shape index (κ2) is 10.8. The van der Waals surface area contributed by atoms with Crippen LogP contribution in [-0.4, -0.2) is 85.0 Å². The van der Waals surface area contributed by atoms with E-state index >= 15 is 0 Å². The first-order chi connectivity index (χ1) is 15.2. The number of hydrogen-bond donors (Lipinski definition) is 1. The zero-order valence-electron chi connectivity index (χ0n) is 18.9. The standard InChI is InChI=1S/C25H37N5O/c1-2-26-25(30-17-12-23(20-30)28-13-6-7-14-28)27-19-24(31)29-15-10-22(11-16-29)18-21-8-4-3-5-9-21/h3-9,22-23H,2,10-20H2,1H3,(H,26,27). The molecule has 1 unspecified atom stereocenters. The zero-order valence-corrected chi connectivity index (χ0v) is 18.9. The zero-order chi connectivity index (χ0) is 21.5. The Balaban J connectivity index is 1.25. The number of guanidine groups is 1. The van der Waals surface area contributed by atoms with E-state index in [4.69, 9.17) is 4.99 Å². The van der Waals surface area contributed by atoms with E-state index in [2.05, 4.69) is 64.5 Å². The molecule has 3 aliphatic heterocycles. The summed E-state index contributed by atoms with van der Waals surface area (Å²) in [6.45, 7) is 9.00. The largest absolute Gasteiger partial charge is 0.357 e. The van der Waals surface area contributed by atoms with Crippen LogP contribution in [0.5, 0.6) is 0 Å². The number of nitrogens with one attached hydrogen (secondary N) is 1. The number of rotatable bonds is 6. The Morgan fingerprint density at radius 1 is 1.03 bits per heavy atom. The Morgan fingerprint density at radius 3 is 2.45 bits per heavy atom. The predicted octanol–water partition coefficient (Wildman–Crippen LogP) is 2.38. The molecule has 0 radical (unpaired) electrons. The number of carbonyl (C=O) groups excluding carboxylic acids is 1. The first-order valence-electron chi connectivity index (χ1n) is 12.0. The number of likely N-dealkylation sites (tertiary alicyclic amines) is 2. The third kappa shape index (κ3) is 5.88. The van der Waals surface area contributed by atoms with Crippen LogP contribution in [0.3, 0.4) is 0 Å². The summed E-state index contributed by atoms with van der Waals surface area (Å²) in [7, 11) is 0. The highest BCUT2D eigenvalue weighted by molar-refractivity contribution is 5.85. The molecule has 1 atom stereocenters. The number of amides is 1. The van der Waals surface area contributed by atoms with Crippen LogP contribution in [0.15, 0.2) is 47.5 Å². The van der Waals surface area contributed by atoms with Crippen molar-refractivity contribution in [3.63, 3.8) is 0 Å². The van der Waals surface area contributed by atoms with E-state index in [0.29, 0.717) is 12.0 Å². The van der Waals surface area contributed by atoms with E-state index < -0.39 is 0 Å². The van der Waals surface area contributed by atoms with E-state index in [-0.39, 0.29) is 12.5 Å². The molecule has 0 saturated carbocycles. The maximum absolute atomic E-state index is 12.8. The van der Waals surface area contributed by atoms with Crippen molar-refractivity contribution in [1.29, 1.82) is 0 Å². The lowest BCUT2D eigenvalue weighted by atomic mass is 9.90. The van der Waals surface area contributed by atoms with Crippen LogP contribution in [0, 0.1) is 5.92 Å². The minimum absolute atomic E-state index is 0.160. The van der Waals surface area contributed by atoms with Gasteiger partial charge in [0.05, 0.1) is 0 Å². The molecule has 4 rings (SSSR count). The van der Waals surface area contributed by atoms with Crippen LogP contribution in [0.4, 0.5) is 0 Å². The fourth-order valence-electron chi connectivity index (χ4n) is 5.03. The summed E-state index contributed by atoms with van der Waals surface area (Å²) >= 11 is 0. The van der Waals surface area contributed by atoms with Gasteiger partial charge in [0.25, 0.3) is 0 Å². The average molecular weight is 424 g/mol. The third-order valence-electron chi connectivity index (χ3n) is 6.86. The molecule has 3 aliphatic rings. The van der Waals surface area contributed by atoms with Gasteiger partial charge in [-0.2, -0.15) is 0 Å². The molecule has 0 bridgehead atoms. The fraction of sp³-hybridized carbons (Fsp3) is 0.600. The van der Waals surface area contributed by atoms with Crippen molar-refractivity contribution in [1.82, 2.24) is 20.0 Å². The number of carbonyl (C=O) groups is 1. The van der Waals surface area contributed by atoms with Gasteiger partial charge in [-0.05, 0) is 44.1 Å². The molecule has 6 nitrogen and oxygen atoms in total. The van der Waals surface area contributed by atoms with E-state index in [0.717, 1.165) is 77.5 Å². The Morgan fingerprint density at radius 2 is 1.74 bits per heavy atom. The smallest absolute Gasteiger partial charge is 0.244 e. The molecule has 31 heavy (non-hydrogen) atoms. The number of nitrogens with zero attached hydrogens (tertiary/aromatic N) is 4. The molecular weight excluding hydrogens is 386 g/mol. The van der Waals surface area contributed by atoms with E-state index in [1.165, 1.54) is 5.56 Å². The lowest BCUT2D eigenvalue weighted by Crippen LogP contribution is -2.44. The van der Waals surface area contributed by atoms with Crippen molar-refractivity contribution in [3.05, 3.63) is 48.0 Å². The quantitative estimate of drug-likeness (QED) is 0.434. The summed E-state index contributed by atoms with van der Waals surface area (Å²) in [5.74, 6) is 1.73. The van der Waals surface area contributed by atoms with Gasteiger partial charge in [0.2, 0.25) is 5.91 Å². The van der Waals surface area contributed by atoms with Crippen molar-refractivity contribution in [2.45, 2.75) is 38.6 Å². The summed E-state index contributed by atoms with van der Waals surface area (Å²) in [4.78, 5) is 24.4. The highest BCUT2D eigenvalue weighted by atomic mass is 16.2. The van der Waals surface area contributed by atoms with Crippen molar-refractivity contribution >= 4 is 11.9 Å². The lowest BCUT2D eigenvalue weighted by molar-refractivity contribution is -0.131. The maximum atomic E-state index is 12.8. The molecule has 2 fully saturated rings. The van der Waals surface area contributed by atoms with Gasteiger partial charge in [0.1, 0.15) is 6.54 Å². The molecule has 1 aromatic rings. The van der Waals surface area contributed by atoms with Crippen molar-refractivity contribution < 1.29 is 4.79 Å². The van der Waals surface area contributed by atoms with Crippen molar-refractivity contribution in [3.8, 4) is 0 Å². The van der Waals surface area contributed by atoms with Gasteiger partial charge in [-0.1, -0.05) is 42.5 Å². The topological polar surface area (TPSA) is 51.2 Å². The molecule has 1 N–H and O–H groups in total. The highest BCUT2D eigenvalue weighted by Gasteiger charge is 2.30. The molecule has 6 heteroatoms. The SMILES string of the molecule is CCNC(=NCC(=O)N1CCC(Cc2ccccc2)CC1)N1CCC(N2CC=CC2)C1. The average Bonchev–Trinajstić information content (AvgIpc) is 3.50. The summed E-state index contributed by atoms with van der Waals surface area (Å²) in [5.41, 5.74) is 1.40. The predicted molar refractivity (Wildman–Crippen MR) is 126 cm³/mol. The molecule has 0 aromatic heterocycles. The minimum Gasteiger partial charge on any atom is -0.357 e. The van der Waals surface area contributed by atoms with Crippen LogP contribution in [-0.2, 0) is 11.2 Å². The van der Waals surface area contributed by atoms with Crippen molar-refractivity contribution in [2.75, 3.05) is 52.4 Å². The second-order valence-corrected chi connectivity index (χ2v) is 9.00.